The molecule has 1 rings (SSSR count). The average Bonchev–Trinajstić information content (AvgIpc) is 2.47. The van der Waals surface area contributed by atoms with Gasteiger partial charge >= 0.3 is 5.97 Å². The van der Waals surface area contributed by atoms with Gasteiger partial charge < -0.3 is 4.74 Å². The normalized spacial score (nSPS) is 9.77. The molecule has 1 aromatic heterocycles. The second-order valence-electron chi connectivity index (χ2n) is 2.30. The molecular weight excluding hydrogens is 190 g/mol. The minimum atomic E-state index is -0.348. The van der Waals surface area contributed by atoms with Crippen LogP contribution in [0.2, 0.25) is 0 Å². The molecule has 0 unspecified atom stereocenters. The van der Waals surface area contributed by atoms with E-state index in [-0.39, 0.29) is 5.97 Å². The van der Waals surface area contributed by atoms with E-state index in [1.807, 2.05) is 0 Å². The van der Waals surface area contributed by atoms with Gasteiger partial charge in [0.1, 0.15) is 4.88 Å². The summed E-state index contributed by atoms with van der Waals surface area (Å²) in [5.74, 6) is 4.80. The van der Waals surface area contributed by atoms with Crippen LogP contribution in [-0.4, -0.2) is 17.6 Å². The zero-order valence-corrected chi connectivity index (χ0v) is 8.27. The first-order valence-corrected chi connectivity index (χ1v) is 4.61. The van der Waals surface area contributed by atoms with Gasteiger partial charge in [-0.1, -0.05) is 11.3 Å². The highest BCUT2D eigenvalue weighted by Crippen LogP contribution is 2.22. The van der Waals surface area contributed by atoms with Gasteiger partial charge in [-0.05, 0) is 13.8 Å². The molecule has 1 heterocycles. The number of thiazole rings is 1. The molecule has 0 fully saturated rings. The lowest BCUT2D eigenvalue weighted by Gasteiger charge is -1.97. The summed E-state index contributed by atoms with van der Waals surface area (Å²) in [6, 6.07) is 0. The Bertz CT molecular complexity index is 311. The molecule has 0 atom stereocenters. The molecule has 0 amide bonds. The summed E-state index contributed by atoms with van der Waals surface area (Å²) < 4.78 is 4.83. The second-order valence-corrected chi connectivity index (χ2v) is 3.30. The zero-order valence-electron chi connectivity index (χ0n) is 7.46. The number of ether oxygens (including phenoxy) is 1. The topological polar surface area (TPSA) is 77.2 Å². The van der Waals surface area contributed by atoms with Crippen molar-refractivity contribution in [2.75, 3.05) is 12.0 Å². The van der Waals surface area contributed by atoms with Crippen LogP contribution >= 0.6 is 11.3 Å². The maximum absolute atomic E-state index is 11.3. The summed E-state index contributed by atoms with van der Waals surface area (Å²) in [4.78, 5) is 15.8. The predicted molar refractivity (Wildman–Crippen MR) is 50.6 cm³/mol. The molecule has 13 heavy (non-hydrogen) atoms. The van der Waals surface area contributed by atoms with Crippen LogP contribution in [0, 0.1) is 6.92 Å². The van der Waals surface area contributed by atoms with Crippen LogP contribution in [0.1, 0.15) is 22.3 Å². The molecule has 6 heteroatoms. The molecule has 0 bridgehead atoms. The number of hydrazine groups is 1. The summed E-state index contributed by atoms with van der Waals surface area (Å²) in [5.41, 5.74) is 3.02. The Morgan fingerprint density at radius 3 is 2.92 bits per heavy atom. The largest absolute Gasteiger partial charge is 0.462 e. The molecule has 0 aromatic carbocycles. The van der Waals surface area contributed by atoms with Crippen molar-refractivity contribution in [3.05, 3.63) is 10.6 Å². The zero-order chi connectivity index (χ0) is 9.84. The average molecular weight is 201 g/mol. The smallest absolute Gasteiger partial charge is 0.350 e. The molecule has 0 saturated heterocycles. The number of hydrogen-bond donors (Lipinski definition) is 2. The molecule has 0 radical (unpaired) electrons. The number of anilines is 1. The van der Waals surface area contributed by atoms with E-state index in [1.54, 1.807) is 13.8 Å². The number of aromatic nitrogens is 1. The monoisotopic (exact) mass is 201 g/mol. The number of nitrogens with two attached hydrogens (primary N) is 1. The van der Waals surface area contributed by atoms with E-state index in [0.29, 0.717) is 22.3 Å². The molecule has 0 saturated carbocycles. The van der Waals surface area contributed by atoms with E-state index in [0.717, 1.165) is 0 Å². The third kappa shape index (κ3) is 2.16. The number of hydrogen-bond acceptors (Lipinski definition) is 6. The third-order valence-corrected chi connectivity index (χ3v) is 2.45. The predicted octanol–water partition coefficient (Wildman–Crippen LogP) is 0.914. The summed E-state index contributed by atoms with van der Waals surface area (Å²) in [6.45, 7) is 3.86. The maximum atomic E-state index is 11.3. The van der Waals surface area contributed by atoms with E-state index in [9.17, 15) is 4.79 Å². The van der Waals surface area contributed by atoms with Crippen LogP contribution in [0.25, 0.3) is 0 Å². The highest BCUT2D eigenvalue weighted by molar-refractivity contribution is 7.17. The number of nitrogens with one attached hydrogen (secondary N) is 1. The van der Waals surface area contributed by atoms with Crippen molar-refractivity contribution in [1.82, 2.24) is 4.98 Å². The molecule has 72 valence electrons. The standard InChI is InChI=1S/C7H11N3O2S/c1-3-12-6(11)5-4(2)9-7(10-8)13-5/h3,8H2,1-2H3,(H,9,10). The molecule has 0 spiro atoms. The van der Waals surface area contributed by atoms with E-state index < -0.39 is 0 Å². The van der Waals surface area contributed by atoms with Crippen molar-refractivity contribution in [3.8, 4) is 0 Å². The Balaban J connectivity index is 2.87. The summed E-state index contributed by atoms with van der Waals surface area (Å²) in [7, 11) is 0. The first kappa shape index (κ1) is 9.94. The Kier molecular flexibility index (Phi) is 3.21. The minimum absolute atomic E-state index is 0.348. The first-order chi connectivity index (χ1) is 6.19. The van der Waals surface area contributed by atoms with E-state index in [1.165, 1.54) is 11.3 Å². The Morgan fingerprint density at radius 1 is 1.77 bits per heavy atom. The minimum Gasteiger partial charge on any atom is -0.462 e. The van der Waals surface area contributed by atoms with Crippen molar-refractivity contribution in [3.63, 3.8) is 0 Å². The molecule has 0 aliphatic rings. The summed E-state index contributed by atoms with van der Waals surface area (Å²) in [5, 5.41) is 0.514. The Labute approximate surface area is 79.9 Å². The number of rotatable bonds is 3. The van der Waals surface area contributed by atoms with Crippen LogP contribution in [0.5, 0.6) is 0 Å². The highest BCUT2D eigenvalue weighted by Gasteiger charge is 2.15. The van der Waals surface area contributed by atoms with Crippen molar-refractivity contribution in [1.29, 1.82) is 0 Å². The summed E-state index contributed by atoms with van der Waals surface area (Å²) >= 11 is 1.19. The Hall–Kier alpha value is -1.14. The van der Waals surface area contributed by atoms with Crippen molar-refractivity contribution >= 4 is 22.4 Å². The van der Waals surface area contributed by atoms with Crippen molar-refractivity contribution in [2.24, 2.45) is 5.84 Å². The fraction of sp³-hybridized carbons (Fsp3) is 0.429. The Morgan fingerprint density at radius 2 is 2.46 bits per heavy atom. The molecule has 3 N–H and O–H groups in total. The van der Waals surface area contributed by atoms with Gasteiger partial charge in [-0.2, -0.15) is 0 Å². The number of carbonyl (C=O) groups excluding carboxylic acids is 1. The van der Waals surface area contributed by atoms with Gasteiger partial charge in [0.2, 0.25) is 0 Å². The lowest BCUT2D eigenvalue weighted by atomic mass is 10.4. The van der Waals surface area contributed by atoms with Crippen molar-refractivity contribution < 1.29 is 9.53 Å². The molecule has 5 nitrogen and oxygen atoms in total. The molecule has 0 aliphatic heterocycles. The number of carbonyl (C=O) groups is 1. The fourth-order valence-electron chi connectivity index (χ4n) is 0.844. The first-order valence-electron chi connectivity index (χ1n) is 3.80. The summed E-state index contributed by atoms with van der Waals surface area (Å²) in [6.07, 6.45) is 0. The SMILES string of the molecule is CCOC(=O)c1sc(NN)nc1C. The number of esters is 1. The number of nitrogens with zero attached hydrogens (tertiary/aromatic N) is 1. The van der Waals surface area contributed by atoms with Crippen LogP contribution in [-0.2, 0) is 4.74 Å². The lowest BCUT2D eigenvalue weighted by molar-refractivity contribution is 0.0531. The lowest BCUT2D eigenvalue weighted by Crippen LogP contribution is -2.05. The van der Waals surface area contributed by atoms with Crippen LogP contribution in [0.3, 0.4) is 0 Å². The van der Waals surface area contributed by atoms with Crippen LogP contribution in [0.4, 0.5) is 5.13 Å². The molecular formula is C7H11N3O2S. The van der Waals surface area contributed by atoms with E-state index in [4.69, 9.17) is 10.6 Å². The third-order valence-electron chi connectivity index (χ3n) is 1.38. The molecule has 1 aromatic rings. The maximum Gasteiger partial charge on any atom is 0.350 e. The fourth-order valence-corrected chi connectivity index (χ4v) is 1.61. The molecule has 0 aliphatic carbocycles. The van der Waals surface area contributed by atoms with E-state index >= 15 is 0 Å². The van der Waals surface area contributed by atoms with E-state index in [2.05, 4.69) is 10.4 Å². The van der Waals surface area contributed by atoms with Gasteiger partial charge in [-0.15, -0.1) is 0 Å². The second kappa shape index (κ2) is 4.20. The van der Waals surface area contributed by atoms with Crippen LogP contribution in [0.15, 0.2) is 0 Å². The quantitative estimate of drug-likeness (QED) is 0.432. The van der Waals surface area contributed by atoms with Gasteiger partial charge in [0.05, 0.1) is 12.3 Å². The number of nitrogen functional groups attached to an aromatic ring is 1. The van der Waals surface area contributed by atoms with Gasteiger partial charge in [0, 0.05) is 0 Å². The van der Waals surface area contributed by atoms with Crippen molar-refractivity contribution in [2.45, 2.75) is 13.8 Å². The van der Waals surface area contributed by atoms with Gasteiger partial charge in [-0.25, -0.2) is 15.6 Å². The van der Waals surface area contributed by atoms with Gasteiger partial charge in [0.25, 0.3) is 0 Å². The highest BCUT2D eigenvalue weighted by atomic mass is 32.1. The van der Waals surface area contributed by atoms with Gasteiger partial charge in [0.15, 0.2) is 5.13 Å². The van der Waals surface area contributed by atoms with Crippen LogP contribution < -0.4 is 11.3 Å². The number of aryl methyl sites for hydroxylation is 1. The van der Waals surface area contributed by atoms with Gasteiger partial charge in [-0.3, -0.25) is 5.43 Å².